The second kappa shape index (κ2) is 6.80. The summed E-state index contributed by atoms with van der Waals surface area (Å²) in [5.74, 6) is 1.82. The first kappa shape index (κ1) is 14.2. The molecular weight excluding hydrogens is 238 g/mol. The van der Waals surface area contributed by atoms with E-state index in [0.717, 1.165) is 30.9 Å². The molecule has 1 saturated carbocycles. The number of ether oxygens (including phenoxy) is 2. The minimum absolute atomic E-state index is 0.284. The summed E-state index contributed by atoms with van der Waals surface area (Å²) < 4.78 is 11.4. The summed E-state index contributed by atoms with van der Waals surface area (Å²) in [4.78, 5) is 0. The van der Waals surface area contributed by atoms with Gasteiger partial charge in [-0.3, -0.25) is 0 Å². The zero-order chi connectivity index (χ0) is 13.7. The van der Waals surface area contributed by atoms with Crippen molar-refractivity contribution in [3.05, 3.63) is 23.8 Å². The van der Waals surface area contributed by atoms with E-state index >= 15 is 0 Å². The highest BCUT2D eigenvalue weighted by Gasteiger charge is 2.21. The number of hydrogen-bond acceptors (Lipinski definition) is 3. The Hall–Kier alpha value is -1.22. The fourth-order valence-corrected chi connectivity index (χ4v) is 2.09. The SMILES string of the molecule is CCC(CC)Oc1cc(OC)ccc1CNC1CC1. The molecule has 1 aromatic rings. The second-order valence-corrected chi connectivity index (χ2v) is 5.19. The van der Waals surface area contributed by atoms with E-state index in [9.17, 15) is 0 Å². The Morgan fingerprint density at radius 1 is 1.26 bits per heavy atom. The van der Waals surface area contributed by atoms with E-state index in [1.165, 1.54) is 18.4 Å². The monoisotopic (exact) mass is 263 g/mol. The van der Waals surface area contributed by atoms with Gasteiger partial charge in [0.25, 0.3) is 0 Å². The van der Waals surface area contributed by atoms with Crippen LogP contribution in [-0.4, -0.2) is 19.3 Å². The summed E-state index contributed by atoms with van der Waals surface area (Å²) in [6, 6.07) is 6.82. The van der Waals surface area contributed by atoms with Crippen molar-refractivity contribution >= 4 is 0 Å². The van der Waals surface area contributed by atoms with E-state index in [1.807, 2.05) is 12.1 Å². The van der Waals surface area contributed by atoms with Crippen molar-refractivity contribution in [3.63, 3.8) is 0 Å². The molecule has 0 amide bonds. The Morgan fingerprint density at radius 3 is 2.58 bits per heavy atom. The van der Waals surface area contributed by atoms with Crippen molar-refractivity contribution in [1.82, 2.24) is 5.32 Å². The van der Waals surface area contributed by atoms with E-state index in [-0.39, 0.29) is 6.10 Å². The van der Waals surface area contributed by atoms with Gasteiger partial charge in [-0.15, -0.1) is 0 Å². The lowest BCUT2D eigenvalue weighted by Gasteiger charge is -2.19. The number of nitrogens with one attached hydrogen (secondary N) is 1. The Labute approximate surface area is 116 Å². The van der Waals surface area contributed by atoms with Gasteiger partial charge in [0.2, 0.25) is 0 Å². The molecule has 3 heteroatoms. The van der Waals surface area contributed by atoms with Crippen molar-refractivity contribution in [2.45, 2.75) is 58.2 Å². The molecule has 0 radical (unpaired) electrons. The average Bonchev–Trinajstić information content (AvgIpc) is 3.27. The van der Waals surface area contributed by atoms with Crippen molar-refractivity contribution in [1.29, 1.82) is 0 Å². The van der Waals surface area contributed by atoms with Crippen LogP contribution in [-0.2, 0) is 6.54 Å². The fraction of sp³-hybridized carbons (Fsp3) is 0.625. The van der Waals surface area contributed by atoms with Crippen LogP contribution >= 0.6 is 0 Å². The molecule has 106 valence electrons. The highest BCUT2D eigenvalue weighted by molar-refractivity contribution is 5.41. The van der Waals surface area contributed by atoms with Crippen LogP contribution in [0.4, 0.5) is 0 Å². The van der Waals surface area contributed by atoms with Crippen LogP contribution in [0, 0.1) is 0 Å². The van der Waals surface area contributed by atoms with Crippen LogP contribution in [0.3, 0.4) is 0 Å². The fourth-order valence-electron chi connectivity index (χ4n) is 2.09. The molecular formula is C16H25NO2. The summed E-state index contributed by atoms with van der Waals surface area (Å²) in [5, 5.41) is 3.54. The van der Waals surface area contributed by atoms with Crippen molar-refractivity contribution in [2.24, 2.45) is 0 Å². The molecule has 1 fully saturated rings. The molecule has 0 spiro atoms. The Kier molecular flexibility index (Phi) is 5.08. The highest BCUT2D eigenvalue weighted by atomic mass is 16.5. The first-order valence-electron chi connectivity index (χ1n) is 7.33. The minimum Gasteiger partial charge on any atom is -0.497 e. The highest BCUT2D eigenvalue weighted by Crippen LogP contribution is 2.28. The summed E-state index contributed by atoms with van der Waals surface area (Å²) >= 11 is 0. The maximum Gasteiger partial charge on any atom is 0.127 e. The van der Waals surface area contributed by atoms with Crippen LogP contribution in [0.15, 0.2) is 18.2 Å². The molecule has 1 N–H and O–H groups in total. The molecule has 3 nitrogen and oxygen atoms in total. The van der Waals surface area contributed by atoms with Gasteiger partial charge in [0.15, 0.2) is 0 Å². The predicted octanol–water partition coefficient (Wildman–Crippen LogP) is 3.51. The summed E-state index contributed by atoms with van der Waals surface area (Å²) in [5.41, 5.74) is 1.22. The van der Waals surface area contributed by atoms with Gasteiger partial charge >= 0.3 is 0 Å². The largest absolute Gasteiger partial charge is 0.497 e. The van der Waals surface area contributed by atoms with Gasteiger partial charge in [-0.25, -0.2) is 0 Å². The average molecular weight is 263 g/mol. The lowest BCUT2D eigenvalue weighted by molar-refractivity contribution is 0.190. The van der Waals surface area contributed by atoms with Gasteiger partial charge in [-0.2, -0.15) is 0 Å². The standard InChI is InChI=1S/C16H25NO2/c1-4-14(5-2)19-16-10-15(18-3)9-6-12(16)11-17-13-7-8-13/h6,9-10,13-14,17H,4-5,7-8,11H2,1-3H3. The normalized spacial score (nSPS) is 14.7. The number of hydrogen-bond donors (Lipinski definition) is 1. The van der Waals surface area contributed by atoms with E-state index in [4.69, 9.17) is 9.47 Å². The van der Waals surface area contributed by atoms with Crippen LogP contribution < -0.4 is 14.8 Å². The molecule has 0 heterocycles. The van der Waals surface area contributed by atoms with Gasteiger partial charge in [-0.1, -0.05) is 19.9 Å². The third-order valence-electron chi connectivity index (χ3n) is 3.64. The molecule has 1 aliphatic rings. The summed E-state index contributed by atoms with van der Waals surface area (Å²) in [7, 11) is 1.69. The van der Waals surface area contributed by atoms with Crippen molar-refractivity contribution in [3.8, 4) is 11.5 Å². The zero-order valence-corrected chi connectivity index (χ0v) is 12.2. The number of rotatable bonds is 8. The third kappa shape index (κ3) is 4.13. The second-order valence-electron chi connectivity index (χ2n) is 5.19. The molecule has 2 rings (SSSR count). The lowest BCUT2D eigenvalue weighted by Crippen LogP contribution is -2.19. The van der Waals surface area contributed by atoms with Gasteiger partial charge in [0.1, 0.15) is 11.5 Å². The van der Waals surface area contributed by atoms with Gasteiger partial charge in [-0.05, 0) is 31.7 Å². The Morgan fingerprint density at radius 2 is 2.00 bits per heavy atom. The summed E-state index contributed by atoms with van der Waals surface area (Å²) in [6.45, 7) is 5.21. The van der Waals surface area contributed by atoms with Crippen LogP contribution in [0.1, 0.15) is 45.1 Å². The molecule has 0 aliphatic heterocycles. The topological polar surface area (TPSA) is 30.5 Å². The number of methoxy groups -OCH3 is 1. The maximum atomic E-state index is 6.12. The smallest absolute Gasteiger partial charge is 0.127 e. The summed E-state index contributed by atoms with van der Waals surface area (Å²) in [6.07, 6.45) is 4.95. The Balaban J connectivity index is 2.09. The lowest BCUT2D eigenvalue weighted by atomic mass is 10.1. The minimum atomic E-state index is 0.284. The van der Waals surface area contributed by atoms with Crippen LogP contribution in [0.5, 0.6) is 11.5 Å². The first-order valence-corrected chi connectivity index (χ1v) is 7.33. The molecule has 0 unspecified atom stereocenters. The van der Waals surface area contributed by atoms with Gasteiger partial charge in [0, 0.05) is 24.2 Å². The first-order chi connectivity index (χ1) is 9.26. The van der Waals surface area contributed by atoms with Crippen LogP contribution in [0.25, 0.3) is 0 Å². The van der Waals surface area contributed by atoms with Crippen LogP contribution in [0.2, 0.25) is 0 Å². The van der Waals surface area contributed by atoms with Gasteiger partial charge in [0.05, 0.1) is 13.2 Å². The maximum absolute atomic E-state index is 6.12. The molecule has 0 aromatic heterocycles. The van der Waals surface area contributed by atoms with Crippen molar-refractivity contribution in [2.75, 3.05) is 7.11 Å². The quantitative estimate of drug-likeness (QED) is 0.778. The van der Waals surface area contributed by atoms with Crippen molar-refractivity contribution < 1.29 is 9.47 Å². The molecule has 0 bridgehead atoms. The molecule has 1 aromatic carbocycles. The van der Waals surface area contributed by atoms with E-state index in [0.29, 0.717) is 6.04 Å². The van der Waals surface area contributed by atoms with Gasteiger partial charge < -0.3 is 14.8 Å². The van der Waals surface area contributed by atoms with E-state index in [2.05, 4.69) is 25.2 Å². The molecule has 0 saturated heterocycles. The Bertz CT molecular complexity index is 398. The molecule has 19 heavy (non-hydrogen) atoms. The number of benzene rings is 1. The van der Waals surface area contributed by atoms with E-state index in [1.54, 1.807) is 7.11 Å². The zero-order valence-electron chi connectivity index (χ0n) is 12.2. The molecule has 0 atom stereocenters. The molecule has 1 aliphatic carbocycles. The third-order valence-corrected chi connectivity index (χ3v) is 3.64. The van der Waals surface area contributed by atoms with E-state index < -0.39 is 0 Å². The predicted molar refractivity (Wildman–Crippen MR) is 77.9 cm³/mol.